The lowest BCUT2D eigenvalue weighted by molar-refractivity contribution is -0.132. The second-order valence-electron chi connectivity index (χ2n) is 9.79. The number of nitrogens with zero attached hydrogens (tertiary/aromatic N) is 6. The highest BCUT2D eigenvalue weighted by Gasteiger charge is 2.30. The van der Waals surface area contributed by atoms with Gasteiger partial charge in [-0.3, -0.25) is 19.1 Å². The standard InChI is InChI=1S/C29H30N6O2S/c36-26-4-1-2-13-35(26)25-10-19-38-28(25)23-9-14-32(20-23)21-27(37)34-17-15-33(16-18-34)24-7-5-22(6-8-24)29-30-11-3-12-31-29/h1-8,10-13,19,23H,9,14-18,20-21H2/t23-/m1/s1. The average Bonchev–Trinajstić information content (AvgIpc) is 3.64. The molecule has 0 bridgehead atoms. The summed E-state index contributed by atoms with van der Waals surface area (Å²) in [5.41, 5.74) is 3.11. The Morgan fingerprint density at radius 3 is 2.47 bits per heavy atom. The lowest BCUT2D eigenvalue weighted by Gasteiger charge is -2.36. The van der Waals surface area contributed by atoms with Crippen LogP contribution in [0.5, 0.6) is 0 Å². The quantitative estimate of drug-likeness (QED) is 0.383. The Bertz CT molecular complexity index is 1440. The Morgan fingerprint density at radius 2 is 1.71 bits per heavy atom. The molecule has 6 rings (SSSR count). The number of rotatable bonds is 6. The number of hydrogen-bond donors (Lipinski definition) is 0. The molecule has 3 aromatic heterocycles. The maximum atomic E-state index is 13.1. The minimum Gasteiger partial charge on any atom is -0.368 e. The van der Waals surface area contributed by atoms with E-state index in [1.54, 1.807) is 40.4 Å². The highest BCUT2D eigenvalue weighted by Crippen LogP contribution is 2.35. The van der Waals surface area contributed by atoms with Crippen LogP contribution in [0, 0.1) is 0 Å². The van der Waals surface area contributed by atoms with Crippen molar-refractivity contribution in [1.29, 1.82) is 0 Å². The van der Waals surface area contributed by atoms with Crippen molar-refractivity contribution in [1.82, 2.24) is 24.3 Å². The summed E-state index contributed by atoms with van der Waals surface area (Å²) in [6.45, 7) is 5.29. The van der Waals surface area contributed by atoms with Crippen LogP contribution in [0.2, 0.25) is 0 Å². The van der Waals surface area contributed by atoms with Gasteiger partial charge in [-0.25, -0.2) is 9.97 Å². The first-order valence-corrected chi connectivity index (χ1v) is 13.9. The lowest BCUT2D eigenvalue weighted by atomic mass is 10.1. The summed E-state index contributed by atoms with van der Waals surface area (Å²) in [5, 5.41) is 2.06. The van der Waals surface area contributed by atoms with Crippen LogP contribution in [0.3, 0.4) is 0 Å². The zero-order chi connectivity index (χ0) is 25.9. The Morgan fingerprint density at radius 1 is 0.921 bits per heavy atom. The minimum atomic E-state index is -0.0162. The van der Waals surface area contributed by atoms with Crippen molar-refractivity contribution in [3.63, 3.8) is 0 Å². The van der Waals surface area contributed by atoms with E-state index in [0.717, 1.165) is 68.5 Å². The fourth-order valence-electron chi connectivity index (χ4n) is 5.41. The molecular formula is C29H30N6O2S. The van der Waals surface area contributed by atoms with Gasteiger partial charge in [-0.05, 0) is 60.8 Å². The van der Waals surface area contributed by atoms with Crippen molar-refractivity contribution in [3.05, 3.63) is 93.8 Å². The van der Waals surface area contributed by atoms with Crippen molar-refractivity contribution in [3.8, 4) is 17.1 Å². The molecule has 0 aliphatic carbocycles. The van der Waals surface area contributed by atoms with Crippen molar-refractivity contribution >= 4 is 22.9 Å². The predicted octanol–water partition coefficient (Wildman–Crippen LogP) is 3.49. The van der Waals surface area contributed by atoms with Gasteiger partial charge >= 0.3 is 0 Å². The molecular weight excluding hydrogens is 496 g/mol. The second-order valence-corrected chi connectivity index (χ2v) is 10.7. The molecule has 194 valence electrons. The first kappa shape index (κ1) is 24.5. The average molecular weight is 527 g/mol. The first-order valence-electron chi connectivity index (χ1n) is 13.0. The summed E-state index contributed by atoms with van der Waals surface area (Å²) < 4.78 is 1.72. The topological polar surface area (TPSA) is 74.6 Å². The van der Waals surface area contributed by atoms with Gasteiger partial charge in [-0.2, -0.15) is 0 Å². The number of amides is 1. The van der Waals surface area contributed by atoms with Gasteiger partial charge in [-0.15, -0.1) is 11.3 Å². The molecule has 1 atom stereocenters. The summed E-state index contributed by atoms with van der Waals surface area (Å²) in [5.74, 6) is 1.27. The first-order chi connectivity index (χ1) is 18.7. The van der Waals surface area contributed by atoms with Crippen molar-refractivity contribution in [2.75, 3.05) is 50.7 Å². The number of thiophene rings is 1. The van der Waals surface area contributed by atoms with Crippen LogP contribution in [0.1, 0.15) is 17.2 Å². The molecule has 2 fully saturated rings. The van der Waals surface area contributed by atoms with E-state index in [2.05, 4.69) is 49.4 Å². The van der Waals surface area contributed by atoms with E-state index in [1.165, 1.54) is 4.88 Å². The molecule has 0 N–H and O–H groups in total. The molecule has 0 saturated carbocycles. The summed E-state index contributed by atoms with van der Waals surface area (Å²) in [4.78, 5) is 41.9. The van der Waals surface area contributed by atoms with Crippen LogP contribution in [-0.2, 0) is 4.79 Å². The number of hydrogen-bond acceptors (Lipinski definition) is 7. The predicted molar refractivity (Wildman–Crippen MR) is 150 cm³/mol. The Labute approximate surface area is 225 Å². The Kier molecular flexibility index (Phi) is 7.02. The van der Waals surface area contributed by atoms with Gasteiger partial charge in [0.1, 0.15) is 0 Å². The number of likely N-dealkylation sites (tertiary alicyclic amines) is 1. The molecule has 4 aromatic rings. The zero-order valence-electron chi connectivity index (χ0n) is 21.1. The number of carbonyl (C=O) groups is 1. The van der Waals surface area contributed by atoms with E-state index >= 15 is 0 Å². The van der Waals surface area contributed by atoms with Gasteiger partial charge < -0.3 is 9.80 Å². The van der Waals surface area contributed by atoms with Crippen molar-refractivity contribution in [2.45, 2.75) is 12.3 Å². The smallest absolute Gasteiger partial charge is 0.255 e. The van der Waals surface area contributed by atoms with Crippen LogP contribution in [0.25, 0.3) is 17.1 Å². The maximum absolute atomic E-state index is 13.1. The van der Waals surface area contributed by atoms with E-state index in [0.29, 0.717) is 12.5 Å². The summed E-state index contributed by atoms with van der Waals surface area (Å²) in [6.07, 6.45) is 6.33. The molecule has 2 saturated heterocycles. The van der Waals surface area contributed by atoms with Crippen LogP contribution in [0.4, 0.5) is 5.69 Å². The molecule has 1 amide bonds. The normalized spacial score (nSPS) is 18.2. The van der Waals surface area contributed by atoms with Crippen molar-refractivity contribution < 1.29 is 4.79 Å². The van der Waals surface area contributed by atoms with E-state index in [9.17, 15) is 9.59 Å². The van der Waals surface area contributed by atoms with Gasteiger partial charge in [0.2, 0.25) is 5.91 Å². The Balaban J connectivity index is 1.02. The van der Waals surface area contributed by atoms with Crippen LogP contribution in [-0.4, -0.2) is 76.1 Å². The fourth-order valence-corrected chi connectivity index (χ4v) is 6.43. The maximum Gasteiger partial charge on any atom is 0.255 e. The van der Waals surface area contributed by atoms with Crippen LogP contribution < -0.4 is 10.5 Å². The molecule has 1 aromatic carbocycles. The molecule has 38 heavy (non-hydrogen) atoms. The number of pyridine rings is 1. The summed E-state index contributed by atoms with van der Waals surface area (Å²) in [7, 11) is 0. The number of piperazine rings is 1. The third-order valence-corrected chi connectivity index (χ3v) is 8.51. The molecule has 8 nitrogen and oxygen atoms in total. The number of aromatic nitrogens is 3. The third kappa shape index (κ3) is 5.12. The molecule has 0 unspecified atom stereocenters. The van der Waals surface area contributed by atoms with Crippen LogP contribution >= 0.6 is 11.3 Å². The Hall–Kier alpha value is -3.82. The third-order valence-electron chi connectivity index (χ3n) is 7.45. The fraction of sp³-hybridized carbons (Fsp3) is 0.310. The number of anilines is 1. The van der Waals surface area contributed by atoms with E-state index in [1.807, 2.05) is 29.3 Å². The molecule has 9 heteroatoms. The zero-order valence-corrected chi connectivity index (χ0v) is 22.0. The van der Waals surface area contributed by atoms with E-state index in [-0.39, 0.29) is 11.5 Å². The highest BCUT2D eigenvalue weighted by atomic mass is 32.1. The second kappa shape index (κ2) is 10.9. The van der Waals surface area contributed by atoms with E-state index in [4.69, 9.17) is 0 Å². The van der Waals surface area contributed by atoms with Crippen molar-refractivity contribution in [2.24, 2.45) is 0 Å². The van der Waals surface area contributed by atoms with Gasteiger partial charge in [0, 0.05) is 79.4 Å². The summed E-state index contributed by atoms with van der Waals surface area (Å²) >= 11 is 1.70. The monoisotopic (exact) mass is 526 g/mol. The lowest BCUT2D eigenvalue weighted by Crippen LogP contribution is -2.51. The van der Waals surface area contributed by atoms with Crippen LogP contribution in [0.15, 0.2) is 83.4 Å². The van der Waals surface area contributed by atoms with Gasteiger partial charge in [0.25, 0.3) is 5.56 Å². The largest absolute Gasteiger partial charge is 0.368 e. The number of benzene rings is 1. The minimum absolute atomic E-state index is 0.0162. The number of carbonyl (C=O) groups excluding carboxylic acids is 1. The highest BCUT2D eigenvalue weighted by molar-refractivity contribution is 7.10. The van der Waals surface area contributed by atoms with Gasteiger partial charge in [0.15, 0.2) is 5.82 Å². The SMILES string of the molecule is O=C(CN1CC[C@@H](c2sccc2-n2ccccc2=O)C1)N1CCN(c2ccc(-c3ncccn3)cc2)CC1. The van der Waals surface area contributed by atoms with Gasteiger partial charge in [-0.1, -0.05) is 6.07 Å². The van der Waals surface area contributed by atoms with E-state index < -0.39 is 0 Å². The molecule has 5 heterocycles. The van der Waals surface area contributed by atoms with Gasteiger partial charge in [0.05, 0.1) is 12.2 Å². The summed E-state index contributed by atoms with van der Waals surface area (Å²) in [6, 6.07) is 17.4. The molecule has 0 radical (unpaired) electrons. The molecule has 0 spiro atoms. The molecule has 2 aliphatic rings. The molecule has 2 aliphatic heterocycles.